The van der Waals surface area contributed by atoms with Crippen LogP contribution in [-0.4, -0.2) is 36.0 Å². The standard InChI is InChI=1S/C22H18N2O6/c1-28-15-6-5-14(12-17(15)29-2)24-19(16-4-3-11-30-16)18(21(26)22(24)27)20(25)13-7-9-23-10-8-13/h3-12,19,25H,1-2H3/b20-18-. The third-order valence-corrected chi connectivity index (χ3v) is 4.86. The van der Waals surface area contributed by atoms with E-state index in [9.17, 15) is 14.7 Å². The Morgan fingerprint density at radius 3 is 2.43 bits per heavy atom. The fourth-order valence-electron chi connectivity index (χ4n) is 3.45. The smallest absolute Gasteiger partial charge is 0.300 e. The minimum Gasteiger partial charge on any atom is -0.507 e. The predicted octanol–water partition coefficient (Wildman–Crippen LogP) is 3.32. The highest BCUT2D eigenvalue weighted by Gasteiger charge is 2.48. The van der Waals surface area contributed by atoms with Crippen LogP contribution in [0, 0.1) is 0 Å². The number of carbonyl (C=O) groups is 2. The molecule has 30 heavy (non-hydrogen) atoms. The number of ether oxygens (including phenoxy) is 2. The van der Waals surface area contributed by atoms with Crippen LogP contribution in [0.3, 0.4) is 0 Å². The summed E-state index contributed by atoms with van der Waals surface area (Å²) in [7, 11) is 2.98. The monoisotopic (exact) mass is 406 g/mol. The molecule has 0 aliphatic carbocycles. The van der Waals surface area contributed by atoms with Crippen molar-refractivity contribution in [2.24, 2.45) is 0 Å². The minimum atomic E-state index is -0.953. The first-order valence-corrected chi connectivity index (χ1v) is 9.03. The van der Waals surface area contributed by atoms with Gasteiger partial charge in [-0.2, -0.15) is 0 Å². The van der Waals surface area contributed by atoms with Crippen LogP contribution in [0.25, 0.3) is 5.76 Å². The maximum Gasteiger partial charge on any atom is 0.300 e. The Bertz CT molecular complexity index is 1120. The second-order valence-corrected chi connectivity index (χ2v) is 6.46. The van der Waals surface area contributed by atoms with E-state index in [0.29, 0.717) is 28.5 Å². The third-order valence-electron chi connectivity index (χ3n) is 4.86. The number of pyridine rings is 1. The first kappa shape index (κ1) is 19.3. The number of carbonyl (C=O) groups excluding carboxylic acids is 2. The summed E-state index contributed by atoms with van der Waals surface area (Å²) in [5.74, 6) is -0.715. The number of benzene rings is 1. The van der Waals surface area contributed by atoms with E-state index in [4.69, 9.17) is 13.9 Å². The van der Waals surface area contributed by atoms with Crippen LogP contribution in [0.5, 0.6) is 11.5 Å². The van der Waals surface area contributed by atoms with Crippen molar-refractivity contribution >= 4 is 23.1 Å². The van der Waals surface area contributed by atoms with E-state index in [1.165, 1.54) is 37.8 Å². The van der Waals surface area contributed by atoms with Gasteiger partial charge in [0.15, 0.2) is 11.5 Å². The Morgan fingerprint density at radius 1 is 1.07 bits per heavy atom. The molecule has 0 saturated carbocycles. The van der Waals surface area contributed by atoms with E-state index >= 15 is 0 Å². The lowest BCUT2D eigenvalue weighted by molar-refractivity contribution is -0.132. The molecule has 0 radical (unpaired) electrons. The number of Topliss-reactive ketones (excluding diaryl/α,β-unsaturated/α-hetero) is 1. The van der Waals surface area contributed by atoms with Crippen molar-refractivity contribution in [1.82, 2.24) is 4.98 Å². The van der Waals surface area contributed by atoms with Gasteiger partial charge in [-0.3, -0.25) is 19.5 Å². The molecule has 1 N–H and O–H groups in total. The van der Waals surface area contributed by atoms with Gasteiger partial charge in [0.1, 0.15) is 17.6 Å². The van der Waals surface area contributed by atoms with Crippen LogP contribution in [0.1, 0.15) is 17.4 Å². The molecular weight excluding hydrogens is 388 g/mol. The first-order valence-electron chi connectivity index (χ1n) is 9.03. The maximum atomic E-state index is 13.0. The molecule has 1 fully saturated rings. The van der Waals surface area contributed by atoms with E-state index in [0.717, 1.165) is 0 Å². The van der Waals surface area contributed by atoms with E-state index in [1.807, 2.05) is 0 Å². The lowest BCUT2D eigenvalue weighted by atomic mass is 9.99. The van der Waals surface area contributed by atoms with Crippen molar-refractivity contribution < 1.29 is 28.6 Å². The summed E-state index contributed by atoms with van der Waals surface area (Å²) in [6, 6.07) is 10.3. The van der Waals surface area contributed by atoms with Crippen LogP contribution in [0.2, 0.25) is 0 Å². The van der Waals surface area contributed by atoms with Gasteiger partial charge in [-0.25, -0.2) is 0 Å². The molecule has 152 valence electrons. The summed E-state index contributed by atoms with van der Waals surface area (Å²) in [6.07, 6.45) is 4.42. The first-order chi connectivity index (χ1) is 14.6. The number of hydrogen-bond donors (Lipinski definition) is 1. The SMILES string of the molecule is COc1ccc(N2C(=O)C(=O)/C(=C(\O)c3ccncc3)C2c2ccco2)cc1OC. The summed E-state index contributed by atoms with van der Waals surface area (Å²) < 4.78 is 16.1. The molecule has 3 heterocycles. The highest BCUT2D eigenvalue weighted by Crippen LogP contribution is 2.44. The van der Waals surface area contributed by atoms with Gasteiger partial charge in [0.25, 0.3) is 11.7 Å². The zero-order valence-corrected chi connectivity index (χ0v) is 16.2. The number of nitrogens with zero attached hydrogens (tertiary/aromatic N) is 2. The molecule has 1 unspecified atom stereocenters. The van der Waals surface area contributed by atoms with Gasteiger partial charge in [0.05, 0.1) is 26.1 Å². The average molecular weight is 406 g/mol. The molecule has 8 nitrogen and oxygen atoms in total. The van der Waals surface area contributed by atoms with Crippen molar-refractivity contribution in [1.29, 1.82) is 0 Å². The molecular formula is C22H18N2O6. The Morgan fingerprint density at radius 2 is 1.80 bits per heavy atom. The minimum absolute atomic E-state index is 0.0732. The topological polar surface area (TPSA) is 102 Å². The Kier molecular flexibility index (Phi) is 4.97. The number of ketones is 1. The summed E-state index contributed by atoms with van der Waals surface area (Å²) in [6.45, 7) is 0. The molecule has 1 atom stereocenters. The molecule has 1 aliphatic heterocycles. The number of methoxy groups -OCH3 is 2. The average Bonchev–Trinajstić information content (AvgIpc) is 3.40. The molecule has 8 heteroatoms. The predicted molar refractivity (Wildman–Crippen MR) is 107 cm³/mol. The van der Waals surface area contributed by atoms with Crippen molar-refractivity contribution in [3.63, 3.8) is 0 Å². The number of rotatable bonds is 5. The highest BCUT2D eigenvalue weighted by atomic mass is 16.5. The van der Waals surface area contributed by atoms with E-state index < -0.39 is 17.7 Å². The van der Waals surface area contributed by atoms with Gasteiger partial charge in [-0.1, -0.05) is 0 Å². The fourth-order valence-corrected chi connectivity index (χ4v) is 3.45. The Labute approximate surface area is 172 Å². The van der Waals surface area contributed by atoms with E-state index in [1.54, 1.807) is 42.5 Å². The van der Waals surface area contributed by atoms with E-state index in [-0.39, 0.29) is 11.3 Å². The second-order valence-electron chi connectivity index (χ2n) is 6.46. The maximum absolute atomic E-state index is 13.0. The number of anilines is 1. The van der Waals surface area contributed by atoms with Crippen molar-refractivity contribution in [2.45, 2.75) is 6.04 Å². The summed E-state index contributed by atoms with van der Waals surface area (Å²) >= 11 is 0. The number of aromatic nitrogens is 1. The molecule has 1 saturated heterocycles. The van der Waals surface area contributed by atoms with Gasteiger partial charge in [0, 0.05) is 29.7 Å². The molecule has 1 aromatic carbocycles. The van der Waals surface area contributed by atoms with Gasteiger partial charge in [0.2, 0.25) is 0 Å². The summed E-state index contributed by atoms with van der Waals surface area (Å²) in [5, 5.41) is 10.9. The summed E-state index contributed by atoms with van der Waals surface area (Å²) in [4.78, 5) is 31.2. The molecule has 2 aromatic heterocycles. The van der Waals surface area contributed by atoms with Crippen molar-refractivity contribution in [2.75, 3.05) is 19.1 Å². The number of aliphatic hydroxyl groups excluding tert-OH is 1. The normalized spacial score (nSPS) is 17.9. The van der Waals surface area contributed by atoms with Gasteiger partial charge in [-0.05, 0) is 36.4 Å². The quantitative estimate of drug-likeness (QED) is 0.394. The molecule has 3 aromatic rings. The van der Waals surface area contributed by atoms with Crippen LogP contribution in [0.4, 0.5) is 5.69 Å². The number of hydrogen-bond acceptors (Lipinski definition) is 7. The fraction of sp³-hybridized carbons (Fsp3) is 0.136. The van der Waals surface area contributed by atoms with Gasteiger partial charge in [-0.15, -0.1) is 0 Å². The van der Waals surface area contributed by atoms with Gasteiger partial charge >= 0.3 is 0 Å². The van der Waals surface area contributed by atoms with Crippen molar-refractivity contribution in [3.8, 4) is 11.5 Å². The molecule has 0 spiro atoms. The zero-order chi connectivity index (χ0) is 21.3. The number of amides is 1. The summed E-state index contributed by atoms with van der Waals surface area (Å²) in [5.41, 5.74) is 0.688. The number of aliphatic hydroxyl groups is 1. The largest absolute Gasteiger partial charge is 0.507 e. The molecule has 1 amide bonds. The van der Waals surface area contributed by atoms with Crippen molar-refractivity contribution in [3.05, 3.63) is 78.0 Å². The Hall–Kier alpha value is -4.07. The lowest BCUT2D eigenvalue weighted by Crippen LogP contribution is -2.29. The van der Waals surface area contributed by atoms with Crippen LogP contribution >= 0.6 is 0 Å². The molecule has 1 aliphatic rings. The van der Waals surface area contributed by atoms with Gasteiger partial charge < -0.3 is 19.0 Å². The molecule has 0 bridgehead atoms. The third kappa shape index (κ3) is 3.08. The van der Waals surface area contributed by atoms with Crippen LogP contribution in [-0.2, 0) is 9.59 Å². The van der Waals surface area contributed by atoms with Crippen LogP contribution < -0.4 is 14.4 Å². The van der Waals surface area contributed by atoms with Crippen LogP contribution in [0.15, 0.2) is 71.1 Å². The Balaban J connectivity index is 1.91. The van der Waals surface area contributed by atoms with E-state index in [2.05, 4.69) is 4.98 Å². The highest BCUT2D eigenvalue weighted by molar-refractivity contribution is 6.51. The second kappa shape index (κ2) is 7.75. The molecule has 4 rings (SSSR count). The zero-order valence-electron chi connectivity index (χ0n) is 16.2. The lowest BCUT2D eigenvalue weighted by Gasteiger charge is -2.24. The number of furan rings is 1.